The second-order valence-corrected chi connectivity index (χ2v) is 10.6. The fourth-order valence-corrected chi connectivity index (χ4v) is 4.30. The van der Waals surface area contributed by atoms with Crippen molar-refractivity contribution in [2.24, 2.45) is 11.3 Å². The Morgan fingerprint density at radius 1 is 0.690 bits per heavy atom. The van der Waals surface area contributed by atoms with Gasteiger partial charge in [-0.15, -0.1) is 0 Å². The molecule has 2 nitrogen and oxygen atoms in total. The molecule has 0 heterocycles. The summed E-state index contributed by atoms with van der Waals surface area (Å²) in [6.45, 7) is 11.7. The van der Waals surface area contributed by atoms with Crippen LogP contribution in [0.15, 0.2) is 0 Å². The first-order valence-corrected chi connectivity index (χ1v) is 13.0. The zero-order valence-corrected chi connectivity index (χ0v) is 20.8. The van der Waals surface area contributed by atoms with Crippen molar-refractivity contribution in [1.29, 1.82) is 0 Å². The van der Waals surface area contributed by atoms with Crippen molar-refractivity contribution >= 4 is 5.97 Å². The maximum absolute atomic E-state index is 11.9. The summed E-state index contributed by atoms with van der Waals surface area (Å²) >= 11 is 0. The van der Waals surface area contributed by atoms with Gasteiger partial charge in [-0.2, -0.15) is 0 Å². The van der Waals surface area contributed by atoms with Crippen molar-refractivity contribution < 1.29 is 9.53 Å². The molecule has 0 amide bonds. The summed E-state index contributed by atoms with van der Waals surface area (Å²) in [7, 11) is 0. The van der Waals surface area contributed by atoms with E-state index in [1.807, 2.05) is 0 Å². The molecular weight excluding hydrogens is 356 g/mol. The third kappa shape index (κ3) is 23.6. The first kappa shape index (κ1) is 28.5. The molecule has 0 aromatic carbocycles. The highest BCUT2D eigenvalue weighted by Crippen LogP contribution is 2.26. The number of hydrogen-bond acceptors (Lipinski definition) is 2. The summed E-state index contributed by atoms with van der Waals surface area (Å²) in [5.74, 6) is 0.399. The minimum atomic E-state index is -0.0114. The van der Waals surface area contributed by atoms with Crippen LogP contribution in [0.25, 0.3) is 0 Å². The molecule has 0 saturated heterocycles. The Hall–Kier alpha value is -0.530. The van der Waals surface area contributed by atoms with E-state index >= 15 is 0 Å². The SMILES string of the molecule is CCCCCCCCCCCCCCCCCCOC(=O)CC(C)CC(C)(C)C. The molecule has 0 spiro atoms. The Kier molecular flexibility index (Phi) is 19.1. The zero-order chi connectivity index (χ0) is 21.8. The van der Waals surface area contributed by atoms with E-state index in [4.69, 9.17) is 4.74 Å². The van der Waals surface area contributed by atoms with Gasteiger partial charge in [0.1, 0.15) is 0 Å². The Labute approximate surface area is 184 Å². The van der Waals surface area contributed by atoms with E-state index in [9.17, 15) is 4.79 Å². The van der Waals surface area contributed by atoms with E-state index < -0.39 is 0 Å². The zero-order valence-electron chi connectivity index (χ0n) is 20.8. The van der Waals surface area contributed by atoms with E-state index in [0.717, 1.165) is 12.8 Å². The summed E-state index contributed by atoms with van der Waals surface area (Å²) in [6, 6.07) is 0. The number of hydrogen-bond donors (Lipinski definition) is 0. The van der Waals surface area contributed by atoms with Crippen LogP contribution in [0.3, 0.4) is 0 Å². The number of ether oxygens (including phenoxy) is 1. The van der Waals surface area contributed by atoms with Gasteiger partial charge < -0.3 is 4.74 Å². The Balaban J connectivity index is 3.25. The van der Waals surface area contributed by atoms with Crippen LogP contribution in [0, 0.1) is 11.3 Å². The molecule has 1 unspecified atom stereocenters. The van der Waals surface area contributed by atoms with Gasteiger partial charge in [0.2, 0.25) is 0 Å². The number of unbranched alkanes of at least 4 members (excludes halogenated alkanes) is 15. The largest absolute Gasteiger partial charge is 0.466 e. The Morgan fingerprint density at radius 2 is 1.07 bits per heavy atom. The van der Waals surface area contributed by atoms with E-state index in [2.05, 4.69) is 34.6 Å². The molecule has 0 N–H and O–H groups in total. The van der Waals surface area contributed by atoms with Crippen LogP contribution in [-0.2, 0) is 9.53 Å². The average molecular weight is 411 g/mol. The van der Waals surface area contributed by atoms with Gasteiger partial charge in [0.05, 0.1) is 6.61 Å². The van der Waals surface area contributed by atoms with Crippen LogP contribution in [0.2, 0.25) is 0 Å². The third-order valence-corrected chi connectivity index (χ3v) is 5.74. The van der Waals surface area contributed by atoms with Gasteiger partial charge in [-0.25, -0.2) is 0 Å². The second kappa shape index (κ2) is 19.4. The Morgan fingerprint density at radius 3 is 1.45 bits per heavy atom. The highest BCUT2D eigenvalue weighted by atomic mass is 16.5. The van der Waals surface area contributed by atoms with E-state index in [-0.39, 0.29) is 11.4 Å². The minimum absolute atomic E-state index is 0.0114. The molecule has 0 fully saturated rings. The lowest BCUT2D eigenvalue weighted by Crippen LogP contribution is -2.16. The van der Waals surface area contributed by atoms with Gasteiger partial charge in [0, 0.05) is 6.42 Å². The van der Waals surface area contributed by atoms with E-state index in [1.54, 1.807) is 0 Å². The van der Waals surface area contributed by atoms with Gasteiger partial charge in [-0.05, 0) is 24.2 Å². The van der Waals surface area contributed by atoms with Gasteiger partial charge in [-0.1, -0.05) is 131 Å². The molecular formula is C27H54O2. The van der Waals surface area contributed by atoms with Crippen LogP contribution in [0.5, 0.6) is 0 Å². The lowest BCUT2D eigenvalue weighted by molar-refractivity contribution is -0.144. The van der Waals surface area contributed by atoms with Crippen molar-refractivity contribution in [3.63, 3.8) is 0 Å². The molecule has 0 radical (unpaired) electrons. The highest BCUT2D eigenvalue weighted by Gasteiger charge is 2.18. The first-order chi connectivity index (χ1) is 13.8. The second-order valence-electron chi connectivity index (χ2n) is 10.6. The van der Waals surface area contributed by atoms with Crippen LogP contribution in [0.4, 0.5) is 0 Å². The molecule has 0 aliphatic heterocycles. The van der Waals surface area contributed by atoms with Gasteiger partial charge >= 0.3 is 5.97 Å². The normalized spacial score (nSPS) is 12.9. The van der Waals surface area contributed by atoms with E-state index in [1.165, 1.54) is 96.3 Å². The number of esters is 1. The number of carbonyl (C=O) groups excluding carboxylic acids is 1. The van der Waals surface area contributed by atoms with Gasteiger partial charge in [0.15, 0.2) is 0 Å². The van der Waals surface area contributed by atoms with Gasteiger partial charge in [0.25, 0.3) is 0 Å². The molecule has 2 heteroatoms. The summed E-state index contributed by atoms with van der Waals surface area (Å²) in [5.41, 5.74) is 0.285. The molecule has 29 heavy (non-hydrogen) atoms. The predicted molar refractivity (Wildman–Crippen MR) is 128 cm³/mol. The van der Waals surface area contributed by atoms with Gasteiger partial charge in [-0.3, -0.25) is 4.79 Å². The fraction of sp³-hybridized carbons (Fsp3) is 0.963. The van der Waals surface area contributed by atoms with Crippen LogP contribution < -0.4 is 0 Å². The smallest absolute Gasteiger partial charge is 0.306 e. The van der Waals surface area contributed by atoms with Crippen molar-refractivity contribution in [2.75, 3.05) is 6.61 Å². The quantitative estimate of drug-likeness (QED) is 0.148. The molecule has 174 valence electrons. The van der Waals surface area contributed by atoms with Crippen LogP contribution in [0.1, 0.15) is 150 Å². The Bertz CT molecular complexity index is 356. The fourth-order valence-electron chi connectivity index (χ4n) is 4.30. The average Bonchev–Trinajstić information content (AvgIpc) is 2.62. The monoisotopic (exact) mass is 410 g/mol. The topological polar surface area (TPSA) is 26.3 Å². The molecule has 0 aromatic heterocycles. The van der Waals surface area contributed by atoms with Crippen molar-refractivity contribution in [3.8, 4) is 0 Å². The third-order valence-electron chi connectivity index (χ3n) is 5.74. The summed E-state index contributed by atoms with van der Waals surface area (Å²) < 4.78 is 5.41. The molecule has 0 aliphatic carbocycles. The summed E-state index contributed by atoms with van der Waals surface area (Å²) in [5, 5.41) is 0. The summed E-state index contributed by atoms with van der Waals surface area (Å²) in [4.78, 5) is 11.9. The molecule has 1 atom stereocenters. The highest BCUT2D eigenvalue weighted by molar-refractivity contribution is 5.69. The standard InChI is InChI=1S/C27H54O2/c1-6-7-8-9-10-11-12-13-14-15-16-17-18-19-20-21-22-29-26(28)23-25(2)24-27(3,4)5/h25H,6-24H2,1-5H3. The predicted octanol–water partition coefficient (Wildman–Crippen LogP) is 9.25. The van der Waals surface area contributed by atoms with Crippen molar-refractivity contribution in [3.05, 3.63) is 0 Å². The first-order valence-electron chi connectivity index (χ1n) is 13.0. The van der Waals surface area contributed by atoms with E-state index in [0.29, 0.717) is 18.9 Å². The lowest BCUT2D eigenvalue weighted by atomic mass is 9.84. The number of rotatable bonds is 20. The maximum atomic E-state index is 11.9. The van der Waals surface area contributed by atoms with Crippen molar-refractivity contribution in [2.45, 2.75) is 150 Å². The summed E-state index contributed by atoms with van der Waals surface area (Å²) in [6.07, 6.45) is 23.5. The minimum Gasteiger partial charge on any atom is -0.466 e. The van der Waals surface area contributed by atoms with Crippen LogP contribution in [-0.4, -0.2) is 12.6 Å². The number of carbonyl (C=O) groups is 1. The molecule has 0 aliphatic rings. The molecule has 0 saturated carbocycles. The van der Waals surface area contributed by atoms with Crippen molar-refractivity contribution in [1.82, 2.24) is 0 Å². The van der Waals surface area contributed by atoms with Crippen LogP contribution >= 0.6 is 0 Å². The molecule has 0 aromatic rings. The molecule has 0 rings (SSSR count). The maximum Gasteiger partial charge on any atom is 0.306 e. The lowest BCUT2D eigenvalue weighted by Gasteiger charge is -2.22. The molecule has 0 bridgehead atoms.